The number of nitrogens with zero attached hydrogens (tertiary/aromatic N) is 1. The summed E-state index contributed by atoms with van der Waals surface area (Å²) in [6, 6.07) is 0.577. The van der Waals surface area contributed by atoms with Crippen molar-refractivity contribution in [1.82, 2.24) is 10.2 Å². The summed E-state index contributed by atoms with van der Waals surface area (Å²) in [6.45, 7) is 13.0. The van der Waals surface area contributed by atoms with Crippen LogP contribution in [0.3, 0.4) is 0 Å². The first kappa shape index (κ1) is 12.9. The Labute approximate surface area is 94.2 Å². The molecule has 1 N–H and O–H groups in total. The van der Waals surface area contributed by atoms with Crippen LogP contribution >= 0.6 is 0 Å². The fourth-order valence-electron chi connectivity index (χ4n) is 2.03. The van der Waals surface area contributed by atoms with Crippen molar-refractivity contribution >= 4 is 0 Å². The first-order valence-corrected chi connectivity index (χ1v) is 6.26. The maximum Gasteiger partial charge on any atom is 0.0634 e. The van der Waals surface area contributed by atoms with Crippen LogP contribution < -0.4 is 5.32 Å². The van der Waals surface area contributed by atoms with Crippen LogP contribution in [0.25, 0.3) is 0 Å². The van der Waals surface area contributed by atoms with Crippen molar-refractivity contribution in [3.63, 3.8) is 0 Å². The minimum atomic E-state index is 0.577. The highest BCUT2D eigenvalue weighted by molar-refractivity contribution is 4.77. The molecule has 0 bridgehead atoms. The van der Waals surface area contributed by atoms with Gasteiger partial charge < -0.3 is 10.1 Å². The monoisotopic (exact) mass is 214 g/mol. The highest BCUT2D eigenvalue weighted by Gasteiger charge is 2.22. The molecular weight excluding hydrogens is 188 g/mol. The average Bonchev–Trinajstić information content (AvgIpc) is 2.20. The van der Waals surface area contributed by atoms with E-state index >= 15 is 0 Å². The Morgan fingerprint density at radius 2 is 2.27 bits per heavy atom. The van der Waals surface area contributed by atoms with E-state index in [4.69, 9.17) is 4.74 Å². The van der Waals surface area contributed by atoms with Crippen LogP contribution in [0.1, 0.15) is 27.2 Å². The second kappa shape index (κ2) is 7.20. The van der Waals surface area contributed by atoms with Crippen LogP contribution in [0.4, 0.5) is 0 Å². The van der Waals surface area contributed by atoms with Gasteiger partial charge >= 0.3 is 0 Å². The molecule has 0 spiro atoms. The number of ether oxygens (including phenoxy) is 1. The molecule has 0 aromatic carbocycles. The summed E-state index contributed by atoms with van der Waals surface area (Å²) in [6.07, 6.45) is 1.21. The van der Waals surface area contributed by atoms with Crippen LogP contribution in [0.15, 0.2) is 0 Å². The molecule has 0 aromatic heterocycles. The lowest BCUT2D eigenvalue weighted by atomic mass is 10.1. The minimum Gasteiger partial charge on any atom is -0.378 e. The van der Waals surface area contributed by atoms with Crippen molar-refractivity contribution in [2.45, 2.75) is 33.2 Å². The van der Waals surface area contributed by atoms with Crippen molar-refractivity contribution in [2.24, 2.45) is 5.92 Å². The molecule has 1 saturated heterocycles. The molecule has 1 aliphatic rings. The van der Waals surface area contributed by atoms with Crippen LogP contribution in [0, 0.1) is 5.92 Å². The largest absolute Gasteiger partial charge is 0.378 e. The lowest BCUT2D eigenvalue weighted by Gasteiger charge is -2.36. The fourth-order valence-corrected chi connectivity index (χ4v) is 2.03. The minimum absolute atomic E-state index is 0.577. The standard InChI is InChI=1S/C12H26N2O/c1-4-5-13-8-12-10-15-7-6-14(12)9-11(2)3/h11-13H,4-10H2,1-3H3. The normalized spacial score (nSPS) is 23.6. The van der Waals surface area contributed by atoms with E-state index in [1.807, 2.05) is 0 Å². The van der Waals surface area contributed by atoms with Crippen LogP contribution in [-0.4, -0.2) is 50.3 Å². The Kier molecular flexibility index (Phi) is 6.22. The van der Waals surface area contributed by atoms with Gasteiger partial charge in [-0.3, -0.25) is 4.90 Å². The molecule has 3 nitrogen and oxygen atoms in total. The molecule has 3 heteroatoms. The summed E-state index contributed by atoms with van der Waals surface area (Å²) in [5.41, 5.74) is 0. The third-order valence-electron chi connectivity index (χ3n) is 2.76. The number of nitrogens with one attached hydrogen (secondary N) is 1. The van der Waals surface area contributed by atoms with E-state index in [-0.39, 0.29) is 0 Å². The predicted molar refractivity (Wildman–Crippen MR) is 64.2 cm³/mol. The van der Waals surface area contributed by atoms with Gasteiger partial charge in [-0.15, -0.1) is 0 Å². The second-order valence-electron chi connectivity index (χ2n) is 4.82. The fraction of sp³-hybridized carbons (Fsp3) is 1.00. The van der Waals surface area contributed by atoms with Crippen molar-refractivity contribution in [2.75, 3.05) is 39.4 Å². The van der Waals surface area contributed by atoms with Crippen molar-refractivity contribution in [3.8, 4) is 0 Å². The summed E-state index contributed by atoms with van der Waals surface area (Å²) in [7, 11) is 0. The third-order valence-corrected chi connectivity index (χ3v) is 2.76. The molecule has 1 fully saturated rings. The molecule has 1 heterocycles. The van der Waals surface area contributed by atoms with Gasteiger partial charge in [-0.1, -0.05) is 20.8 Å². The lowest BCUT2D eigenvalue weighted by Crippen LogP contribution is -2.51. The van der Waals surface area contributed by atoms with E-state index < -0.39 is 0 Å². The summed E-state index contributed by atoms with van der Waals surface area (Å²) >= 11 is 0. The lowest BCUT2D eigenvalue weighted by molar-refractivity contribution is -0.0115. The molecule has 0 radical (unpaired) electrons. The van der Waals surface area contributed by atoms with Gasteiger partial charge in [0.15, 0.2) is 0 Å². The second-order valence-corrected chi connectivity index (χ2v) is 4.82. The summed E-state index contributed by atoms with van der Waals surface area (Å²) in [4.78, 5) is 2.57. The zero-order valence-electron chi connectivity index (χ0n) is 10.5. The number of hydrogen-bond donors (Lipinski definition) is 1. The van der Waals surface area contributed by atoms with E-state index in [1.54, 1.807) is 0 Å². The Morgan fingerprint density at radius 3 is 2.93 bits per heavy atom. The Morgan fingerprint density at radius 1 is 1.47 bits per heavy atom. The maximum absolute atomic E-state index is 5.54. The maximum atomic E-state index is 5.54. The summed E-state index contributed by atoms with van der Waals surface area (Å²) in [5, 5.41) is 3.49. The molecule has 1 aliphatic heterocycles. The first-order chi connectivity index (χ1) is 7.24. The van der Waals surface area contributed by atoms with Crippen molar-refractivity contribution < 1.29 is 4.74 Å². The van der Waals surface area contributed by atoms with Crippen LogP contribution in [0.2, 0.25) is 0 Å². The van der Waals surface area contributed by atoms with E-state index in [0.717, 1.165) is 38.8 Å². The van der Waals surface area contributed by atoms with Crippen molar-refractivity contribution in [3.05, 3.63) is 0 Å². The van der Waals surface area contributed by atoms with Crippen molar-refractivity contribution in [1.29, 1.82) is 0 Å². The molecule has 0 amide bonds. The number of hydrogen-bond acceptors (Lipinski definition) is 3. The van der Waals surface area contributed by atoms with Gasteiger partial charge in [-0.2, -0.15) is 0 Å². The molecule has 90 valence electrons. The van der Waals surface area contributed by atoms with Crippen LogP contribution in [-0.2, 0) is 4.74 Å². The molecule has 0 aliphatic carbocycles. The highest BCUT2D eigenvalue weighted by atomic mass is 16.5. The molecule has 0 aromatic rings. The van der Waals surface area contributed by atoms with Gasteiger partial charge in [0.1, 0.15) is 0 Å². The Balaban J connectivity index is 2.29. The number of morpholine rings is 1. The Bertz CT molecular complexity index is 162. The van der Waals surface area contributed by atoms with E-state index in [2.05, 4.69) is 31.0 Å². The highest BCUT2D eigenvalue weighted by Crippen LogP contribution is 2.09. The van der Waals surface area contributed by atoms with Gasteiger partial charge in [0, 0.05) is 25.7 Å². The average molecular weight is 214 g/mol. The SMILES string of the molecule is CCCNCC1COCCN1CC(C)C. The summed E-state index contributed by atoms with van der Waals surface area (Å²) in [5.74, 6) is 0.747. The van der Waals surface area contributed by atoms with E-state index in [9.17, 15) is 0 Å². The predicted octanol–water partition coefficient (Wildman–Crippen LogP) is 1.34. The van der Waals surface area contributed by atoms with Gasteiger partial charge in [-0.05, 0) is 18.9 Å². The first-order valence-electron chi connectivity index (χ1n) is 6.26. The van der Waals surface area contributed by atoms with E-state index in [0.29, 0.717) is 6.04 Å². The molecule has 15 heavy (non-hydrogen) atoms. The molecule has 0 saturated carbocycles. The Hall–Kier alpha value is -0.120. The smallest absolute Gasteiger partial charge is 0.0634 e. The van der Waals surface area contributed by atoms with Gasteiger partial charge in [0.25, 0.3) is 0 Å². The summed E-state index contributed by atoms with van der Waals surface area (Å²) < 4.78 is 5.54. The molecule has 1 rings (SSSR count). The quantitative estimate of drug-likeness (QED) is 0.675. The molecule has 1 unspecified atom stereocenters. The number of rotatable bonds is 6. The van der Waals surface area contributed by atoms with Gasteiger partial charge in [-0.25, -0.2) is 0 Å². The van der Waals surface area contributed by atoms with E-state index in [1.165, 1.54) is 13.0 Å². The zero-order valence-corrected chi connectivity index (χ0v) is 10.5. The molecule has 1 atom stereocenters. The van der Waals surface area contributed by atoms with Gasteiger partial charge in [0.2, 0.25) is 0 Å². The zero-order chi connectivity index (χ0) is 11.1. The van der Waals surface area contributed by atoms with Gasteiger partial charge in [0.05, 0.1) is 13.2 Å². The van der Waals surface area contributed by atoms with Crippen LogP contribution in [0.5, 0.6) is 0 Å². The molecular formula is C12H26N2O. The topological polar surface area (TPSA) is 24.5 Å². The third kappa shape index (κ3) is 4.96.